The van der Waals surface area contributed by atoms with Crippen LogP contribution in [-0.2, 0) is 0 Å². The van der Waals surface area contributed by atoms with Crippen molar-refractivity contribution in [3.8, 4) is 45.3 Å². The number of fused-ring (bicyclic) bond motifs is 5. The number of aromatic nitrogens is 5. The first-order valence-corrected chi connectivity index (χ1v) is 13.5. The minimum Gasteiger partial charge on any atom is -0.423 e. The second kappa shape index (κ2) is 9.60. The maximum absolute atomic E-state index is 12.8. The maximum Gasteiger partial charge on any atom is 0.310 e. The van der Waals surface area contributed by atoms with Crippen LogP contribution in [0, 0.1) is 0 Å². The molecule has 0 spiro atoms. The summed E-state index contributed by atoms with van der Waals surface area (Å²) < 4.78 is 7.78. The van der Waals surface area contributed by atoms with Crippen molar-refractivity contribution in [3.63, 3.8) is 0 Å². The molecule has 3 aromatic heterocycles. The highest BCUT2D eigenvalue weighted by Crippen LogP contribution is 2.30. The van der Waals surface area contributed by atoms with Gasteiger partial charge in [-0.1, -0.05) is 97.1 Å². The SMILES string of the molecule is O=c1nc2oc3ccccc3n2c2cc(-c3cccc(-c4nc(-c5ccccc5)nc(-c5ccccc5)n4)c3)ccc12. The first kappa shape index (κ1) is 23.9. The van der Waals surface area contributed by atoms with Crippen LogP contribution in [0.25, 0.3) is 73.1 Å². The molecule has 3 heterocycles. The van der Waals surface area contributed by atoms with E-state index in [1.807, 2.05) is 126 Å². The molecule has 0 amide bonds. The standard InChI is InChI=1S/C35H21N5O2/c41-34-27-19-18-25(21-29(27)40-28-16-7-8-17-30(28)42-35(40)39-34)24-14-9-15-26(20-24)33-37-31(22-10-3-1-4-11-22)36-32(38-33)23-12-5-2-6-13-23/h1-21H. The first-order valence-electron chi connectivity index (χ1n) is 13.5. The number of nitrogens with zero attached hydrogens (tertiary/aromatic N) is 5. The molecule has 7 nitrogen and oxygen atoms in total. The van der Waals surface area contributed by atoms with E-state index in [1.165, 1.54) is 0 Å². The van der Waals surface area contributed by atoms with Crippen LogP contribution < -0.4 is 5.56 Å². The lowest BCUT2D eigenvalue weighted by Gasteiger charge is -2.10. The molecule has 0 aliphatic carbocycles. The van der Waals surface area contributed by atoms with Gasteiger partial charge in [-0.2, -0.15) is 4.98 Å². The molecule has 5 aromatic carbocycles. The highest BCUT2D eigenvalue weighted by Gasteiger charge is 2.15. The van der Waals surface area contributed by atoms with E-state index in [-0.39, 0.29) is 11.4 Å². The lowest BCUT2D eigenvalue weighted by molar-refractivity contribution is 0.636. The predicted molar refractivity (Wildman–Crippen MR) is 164 cm³/mol. The Morgan fingerprint density at radius 2 is 1.05 bits per heavy atom. The molecule has 0 saturated carbocycles. The third-order valence-electron chi connectivity index (χ3n) is 7.32. The number of hydrogen-bond donors (Lipinski definition) is 0. The minimum absolute atomic E-state index is 0.270. The van der Waals surface area contributed by atoms with Gasteiger partial charge in [-0.25, -0.2) is 15.0 Å². The third kappa shape index (κ3) is 4.03. The van der Waals surface area contributed by atoms with Crippen molar-refractivity contribution in [3.05, 3.63) is 138 Å². The van der Waals surface area contributed by atoms with Gasteiger partial charge in [0.15, 0.2) is 23.1 Å². The summed E-state index contributed by atoms with van der Waals surface area (Å²) >= 11 is 0. The Balaban J connectivity index is 1.30. The fourth-order valence-electron chi connectivity index (χ4n) is 5.28. The van der Waals surface area contributed by atoms with Crippen LogP contribution in [0.3, 0.4) is 0 Å². The Morgan fingerprint density at radius 1 is 0.476 bits per heavy atom. The van der Waals surface area contributed by atoms with Crippen molar-refractivity contribution in [2.75, 3.05) is 0 Å². The van der Waals surface area contributed by atoms with Crippen LogP contribution in [0.1, 0.15) is 0 Å². The van der Waals surface area contributed by atoms with E-state index in [0.717, 1.165) is 38.9 Å². The van der Waals surface area contributed by atoms with Crippen molar-refractivity contribution >= 4 is 27.8 Å². The molecule has 0 bridgehead atoms. The topological polar surface area (TPSA) is 86.2 Å². The number of para-hydroxylation sites is 2. The van der Waals surface area contributed by atoms with Crippen LogP contribution >= 0.6 is 0 Å². The van der Waals surface area contributed by atoms with Crippen molar-refractivity contribution in [1.29, 1.82) is 0 Å². The molecule has 42 heavy (non-hydrogen) atoms. The van der Waals surface area contributed by atoms with Crippen molar-refractivity contribution < 1.29 is 4.42 Å². The van der Waals surface area contributed by atoms with Crippen molar-refractivity contribution in [2.24, 2.45) is 0 Å². The Kier molecular flexibility index (Phi) is 5.46. The Morgan fingerprint density at radius 3 is 1.76 bits per heavy atom. The molecule has 0 saturated heterocycles. The average Bonchev–Trinajstić information content (AvgIpc) is 3.43. The van der Waals surface area contributed by atoms with E-state index in [2.05, 4.69) is 11.1 Å². The molecule has 0 atom stereocenters. The second-order valence-electron chi connectivity index (χ2n) is 9.96. The van der Waals surface area contributed by atoms with Gasteiger partial charge in [-0.15, -0.1) is 0 Å². The van der Waals surface area contributed by atoms with Crippen molar-refractivity contribution in [1.82, 2.24) is 24.3 Å². The monoisotopic (exact) mass is 543 g/mol. The smallest absolute Gasteiger partial charge is 0.310 e. The summed E-state index contributed by atoms with van der Waals surface area (Å²) in [6, 6.07) is 41.4. The molecule has 7 heteroatoms. The molecule has 0 aliphatic rings. The summed E-state index contributed by atoms with van der Waals surface area (Å²) in [5.74, 6) is 2.06. The molecule has 0 unspecified atom stereocenters. The molecule has 0 N–H and O–H groups in total. The lowest BCUT2D eigenvalue weighted by Crippen LogP contribution is -2.09. The Labute approximate surface area is 239 Å². The lowest BCUT2D eigenvalue weighted by atomic mass is 10.0. The quantitative estimate of drug-likeness (QED) is 0.229. The second-order valence-corrected chi connectivity index (χ2v) is 9.96. The Hall–Kier alpha value is -5.95. The molecule has 198 valence electrons. The van der Waals surface area contributed by atoms with Gasteiger partial charge in [0, 0.05) is 16.7 Å². The molecular weight excluding hydrogens is 522 g/mol. The zero-order valence-corrected chi connectivity index (χ0v) is 22.2. The Bertz CT molecular complexity index is 2270. The zero-order chi connectivity index (χ0) is 28.0. The van der Waals surface area contributed by atoms with E-state index >= 15 is 0 Å². The highest BCUT2D eigenvalue weighted by molar-refractivity contribution is 5.90. The summed E-state index contributed by atoms with van der Waals surface area (Å²) in [6.45, 7) is 0. The zero-order valence-electron chi connectivity index (χ0n) is 22.2. The van der Waals surface area contributed by atoms with E-state index in [4.69, 9.17) is 19.4 Å². The fourth-order valence-corrected chi connectivity index (χ4v) is 5.28. The van der Waals surface area contributed by atoms with E-state index in [1.54, 1.807) is 0 Å². The third-order valence-corrected chi connectivity index (χ3v) is 7.32. The molecule has 8 aromatic rings. The van der Waals surface area contributed by atoms with Gasteiger partial charge in [0.2, 0.25) is 0 Å². The maximum atomic E-state index is 12.8. The molecule has 8 rings (SSSR count). The summed E-state index contributed by atoms with van der Waals surface area (Å²) in [5.41, 5.74) is 6.52. The number of hydrogen-bond acceptors (Lipinski definition) is 6. The fraction of sp³-hybridized carbons (Fsp3) is 0. The van der Waals surface area contributed by atoms with Crippen LogP contribution in [-0.4, -0.2) is 24.3 Å². The molecule has 0 fully saturated rings. The molecule has 0 radical (unpaired) electrons. The summed E-state index contributed by atoms with van der Waals surface area (Å²) in [4.78, 5) is 31.6. The normalized spacial score (nSPS) is 11.4. The highest BCUT2D eigenvalue weighted by atomic mass is 16.4. The van der Waals surface area contributed by atoms with Gasteiger partial charge in [-0.05, 0) is 41.5 Å². The van der Waals surface area contributed by atoms with Crippen LogP contribution in [0.15, 0.2) is 137 Å². The largest absolute Gasteiger partial charge is 0.423 e. The first-order chi connectivity index (χ1) is 20.7. The summed E-state index contributed by atoms with van der Waals surface area (Å²) in [6.07, 6.45) is 0. The number of benzene rings is 5. The summed E-state index contributed by atoms with van der Waals surface area (Å²) in [7, 11) is 0. The van der Waals surface area contributed by atoms with Crippen LogP contribution in [0.4, 0.5) is 0 Å². The van der Waals surface area contributed by atoms with Gasteiger partial charge in [0.1, 0.15) is 0 Å². The molecule has 0 aliphatic heterocycles. The van der Waals surface area contributed by atoms with Gasteiger partial charge < -0.3 is 4.42 Å². The van der Waals surface area contributed by atoms with Gasteiger partial charge in [0.25, 0.3) is 5.56 Å². The van der Waals surface area contributed by atoms with Gasteiger partial charge in [0.05, 0.1) is 16.4 Å². The number of rotatable bonds is 4. The predicted octanol–water partition coefficient (Wildman–Crippen LogP) is 7.45. The average molecular weight is 544 g/mol. The van der Waals surface area contributed by atoms with Crippen LogP contribution in [0.5, 0.6) is 0 Å². The van der Waals surface area contributed by atoms with Crippen LogP contribution in [0.2, 0.25) is 0 Å². The minimum atomic E-state index is -0.323. The van der Waals surface area contributed by atoms with E-state index in [9.17, 15) is 4.79 Å². The number of oxazole rings is 1. The summed E-state index contributed by atoms with van der Waals surface area (Å²) in [5, 5.41) is 0.524. The van der Waals surface area contributed by atoms with Gasteiger partial charge in [-0.3, -0.25) is 9.20 Å². The van der Waals surface area contributed by atoms with Gasteiger partial charge >= 0.3 is 5.84 Å². The van der Waals surface area contributed by atoms with Crippen molar-refractivity contribution in [2.45, 2.75) is 0 Å². The van der Waals surface area contributed by atoms with E-state index in [0.29, 0.717) is 28.4 Å². The molecular formula is C35H21N5O2. The van der Waals surface area contributed by atoms with E-state index < -0.39 is 0 Å².